The van der Waals surface area contributed by atoms with Gasteiger partial charge in [-0.05, 0) is 61.4 Å². The number of sulfonamides is 1. The van der Waals surface area contributed by atoms with Crippen molar-refractivity contribution < 1.29 is 17.9 Å². The fraction of sp³-hybridized carbons (Fsp3) is 0.208. The molecule has 0 saturated carbocycles. The van der Waals surface area contributed by atoms with Crippen LogP contribution in [0.2, 0.25) is 0 Å². The summed E-state index contributed by atoms with van der Waals surface area (Å²) in [6.07, 6.45) is 0. The number of benzene rings is 3. The summed E-state index contributed by atoms with van der Waals surface area (Å²) >= 11 is 3.35. The molecule has 5 nitrogen and oxygen atoms in total. The van der Waals surface area contributed by atoms with Gasteiger partial charge < -0.3 is 4.74 Å². The first-order valence-corrected chi connectivity index (χ1v) is 12.1. The number of carbonyl (C=O) groups is 1. The summed E-state index contributed by atoms with van der Waals surface area (Å²) in [4.78, 5) is 12.1. The summed E-state index contributed by atoms with van der Waals surface area (Å²) in [7, 11) is -3.74. The van der Waals surface area contributed by atoms with E-state index >= 15 is 0 Å². The van der Waals surface area contributed by atoms with Crippen molar-refractivity contribution in [3.8, 4) is 0 Å². The second-order valence-electron chi connectivity index (χ2n) is 7.13. The fourth-order valence-corrected chi connectivity index (χ4v) is 4.72. The second kappa shape index (κ2) is 10.2. The molecule has 0 fully saturated rings. The van der Waals surface area contributed by atoms with Crippen LogP contribution in [0.4, 0.5) is 0 Å². The van der Waals surface area contributed by atoms with Crippen LogP contribution in [-0.2, 0) is 27.8 Å². The first kappa shape index (κ1) is 23.2. The van der Waals surface area contributed by atoms with Crippen molar-refractivity contribution in [2.75, 3.05) is 6.61 Å². The predicted molar refractivity (Wildman–Crippen MR) is 124 cm³/mol. The first-order chi connectivity index (χ1) is 14.8. The minimum absolute atomic E-state index is 0.176. The largest absolute Gasteiger partial charge is 0.462 e. The molecule has 0 saturated heterocycles. The van der Waals surface area contributed by atoms with Gasteiger partial charge in [0.1, 0.15) is 0 Å². The van der Waals surface area contributed by atoms with Crippen molar-refractivity contribution in [3.63, 3.8) is 0 Å². The summed E-state index contributed by atoms with van der Waals surface area (Å²) in [6, 6.07) is 21.2. The maximum Gasteiger partial charge on any atom is 0.338 e. The van der Waals surface area contributed by atoms with Crippen LogP contribution >= 0.6 is 15.9 Å². The highest BCUT2D eigenvalue weighted by atomic mass is 79.9. The zero-order valence-corrected chi connectivity index (χ0v) is 19.8. The van der Waals surface area contributed by atoms with Crippen molar-refractivity contribution in [3.05, 3.63) is 99.5 Å². The zero-order chi connectivity index (χ0) is 22.4. The Morgan fingerprint density at radius 2 is 1.39 bits per heavy atom. The molecule has 0 aliphatic carbocycles. The zero-order valence-electron chi connectivity index (χ0n) is 17.4. The predicted octanol–water partition coefficient (Wildman–Crippen LogP) is 5.33. The minimum atomic E-state index is -3.74. The van der Waals surface area contributed by atoms with Crippen LogP contribution in [0.1, 0.15) is 34.0 Å². The lowest BCUT2D eigenvalue weighted by Gasteiger charge is -2.23. The highest BCUT2D eigenvalue weighted by Gasteiger charge is 2.25. The van der Waals surface area contributed by atoms with Gasteiger partial charge in [-0.1, -0.05) is 57.9 Å². The average Bonchev–Trinajstić information content (AvgIpc) is 2.76. The molecule has 0 amide bonds. The Labute approximate surface area is 191 Å². The number of halogens is 1. The van der Waals surface area contributed by atoms with Crippen LogP contribution in [0.25, 0.3) is 0 Å². The standard InChI is InChI=1S/C24H24BrNO4S/c1-3-30-24(27)21-10-8-20(9-11-21)17-26(16-19-6-4-18(2)5-7-19)31(28,29)23-14-12-22(25)13-15-23/h4-15H,3,16-17H2,1-2H3. The lowest BCUT2D eigenvalue weighted by molar-refractivity contribution is 0.0526. The number of esters is 1. The maximum absolute atomic E-state index is 13.4. The van der Waals surface area contributed by atoms with Gasteiger partial charge in [-0.2, -0.15) is 4.31 Å². The minimum Gasteiger partial charge on any atom is -0.462 e. The quantitative estimate of drug-likeness (QED) is 0.391. The van der Waals surface area contributed by atoms with Crippen LogP contribution in [0.15, 0.2) is 82.2 Å². The molecule has 0 spiro atoms. The highest BCUT2D eigenvalue weighted by molar-refractivity contribution is 9.10. The normalized spacial score (nSPS) is 11.5. The number of rotatable bonds is 8. The molecule has 3 aromatic carbocycles. The molecule has 3 rings (SSSR count). The topological polar surface area (TPSA) is 63.7 Å². The van der Waals surface area contributed by atoms with E-state index in [9.17, 15) is 13.2 Å². The summed E-state index contributed by atoms with van der Waals surface area (Å²) in [5.41, 5.74) is 3.22. The van der Waals surface area contributed by atoms with Gasteiger partial charge in [-0.15, -0.1) is 0 Å². The van der Waals surface area contributed by atoms with Crippen molar-refractivity contribution in [1.29, 1.82) is 0 Å². The lowest BCUT2D eigenvalue weighted by Crippen LogP contribution is -2.30. The van der Waals surface area contributed by atoms with Gasteiger partial charge in [0.25, 0.3) is 0 Å². The number of hydrogen-bond donors (Lipinski definition) is 0. The SMILES string of the molecule is CCOC(=O)c1ccc(CN(Cc2ccc(C)cc2)S(=O)(=O)c2ccc(Br)cc2)cc1. The molecule has 0 heterocycles. The molecule has 0 aliphatic rings. The Bertz CT molecular complexity index is 1130. The van der Waals surface area contributed by atoms with Gasteiger partial charge in [0.2, 0.25) is 10.0 Å². The van der Waals surface area contributed by atoms with E-state index in [2.05, 4.69) is 15.9 Å². The van der Waals surface area contributed by atoms with Gasteiger partial charge in [0.15, 0.2) is 0 Å². The first-order valence-electron chi connectivity index (χ1n) is 9.87. The van der Waals surface area contributed by atoms with Crippen molar-refractivity contribution in [2.24, 2.45) is 0 Å². The van der Waals surface area contributed by atoms with Crippen LogP contribution < -0.4 is 0 Å². The Hall–Kier alpha value is -2.48. The number of aryl methyl sites for hydroxylation is 1. The molecule has 0 atom stereocenters. The maximum atomic E-state index is 13.4. The van der Waals surface area contributed by atoms with Crippen LogP contribution in [-0.4, -0.2) is 25.3 Å². The molecule has 0 N–H and O–H groups in total. The number of carbonyl (C=O) groups excluding carboxylic acids is 1. The van der Waals surface area contributed by atoms with E-state index in [0.29, 0.717) is 12.2 Å². The van der Waals surface area contributed by atoms with E-state index in [-0.39, 0.29) is 18.0 Å². The van der Waals surface area contributed by atoms with Crippen molar-refractivity contribution in [2.45, 2.75) is 31.8 Å². The van der Waals surface area contributed by atoms with Gasteiger partial charge >= 0.3 is 5.97 Å². The molecule has 162 valence electrons. The van der Waals surface area contributed by atoms with Gasteiger partial charge in [-0.3, -0.25) is 0 Å². The van der Waals surface area contributed by atoms with Crippen LogP contribution in [0, 0.1) is 6.92 Å². The Morgan fingerprint density at radius 3 is 1.90 bits per heavy atom. The van der Waals surface area contributed by atoms with E-state index in [0.717, 1.165) is 21.2 Å². The van der Waals surface area contributed by atoms with Crippen LogP contribution in [0.3, 0.4) is 0 Å². The summed E-state index contributed by atoms with van der Waals surface area (Å²) in [6.45, 7) is 4.46. The Balaban J connectivity index is 1.90. The highest BCUT2D eigenvalue weighted by Crippen LogP contribution is 2.23. The molecule has 0 bridgehead atoms. The molecule has 0 radical (unpaired) electrons. The van der Waals surface area contributed by atoms with E-state index in [4.69, 9.17) is 4.74 Å². The van der Waals surface area contributed by atoms with E-state index in [1.807, 2.05) is 31.2 Å². The molecule has 7 heteroatoms. The number of nitrogens with zero attached hydrogens (tertiary/aromatic N) is 1. The third-order valence-electron chi connectivity index (χ3n) is 4.75. The van der Waals surface area contributed by atoms with Gasteiger partial charge in [0.05, 0.1) is 17.1 Å². The third kappa shape index (κ3) is 6.03. The number of hydrogen-bond acceptors (Lipinski definition) is 4. The van der Waals surface area contributed by atoms with Gasteiger partial charge in [-0.25, -0.2) is 13.2 Å². The van der Waals surface area contributed by atoms with Gasteiger partial charge in [0, 0.05) is 17.6 Å². The smallest absolute Gasteiger partial charge is 0.338 e. The summed E-state index contributed by atoms with van der Waals surface area (Å²) in [5, 5.41) is 0. The van der Waals surface area contributed by atoms with Crippen LogP contribution in [0.5, 0.6) is 0 Å². The third-order valence-corrected chi connectivity index (χ3v) is 7.09. The Morgan fingerprint density at radius 1 is 0.871 bits per heavy atom. The fourth-order valence-electron chi connectivity index (χ4n) is 3.04. The molecule has 3 aromatic rings. The molecule has 0 aromatic heterocycles. The van der Waals surface area contributed by atoms with Crippen molar-refractivity contribution in [1.82, 2.24) is 4.31 Å². The monoisotopic (exact) mass is 501 g/mol. The average molecular weight is 502 g/mol. The van der Waals surface area contributed by atoms with E-state index in [1.54, 1.807) is 55.5 Å². The Kier molecular flexibility index (Phi) is 7.64. The second-order valence-corrected chi connectivity index (χ2v) is 9.98. The van der Waals surface area contributed by atoms with E-state index < -0.39 is 16.0 Å². The molecular formula is C24H24BrNO4S. The molecule has 0 unspecified atom stereocenters. The van der Waals surface area contributed by atoms with E-state index in [1.165, 1.54) is 4.31 Å². The summed E-state index contributed by atoms with van der Waals surface area (Å²) < 4.78 is 34.1. The number of ether oxygens (including phenoxy) is 1. The molecule has 0 aliphatic heterocycles. The molecular weight excluding hydrogens is 478 g/mol. The van der Waals surface area contributed by atoms with Crippen molar-refractivity contribution >= 4 is 31.9 Å². The molecule has 31 heavy (non-hydrogen) atoms. The summed E-state index contributed by atoms with van der Waals surface area (Å²) in [5.74, 6) is -0.395. The lowest BCUT2D eigenvalue weighted by atomic mass is 10.1.